The Morgan fingerprint density at radius 2 is 1.66 bits per heavy atom. The Hall–Kier alpha value is -2.50. The van der Waals surface area contributed by atoms with Gasteiger partial charge in [-0.15, -0.1) is 0 Å². The highest BCUT2D eigenvalue weighted by molar-refractivity contribution is 5.83. The van der Waals surface area contributed by atoms with E-state index in [0.717, 1.165) is 17.0 Å². The van der Waals surface area contributed by atoms with Gasteiger partial charge in [0.15, 0.2) is 0 Å². The number of carbonyl (C=O) groups is 2. The third-order valence-corrected chi connectivity index (χ3v) is 7.22. The molecule has 2 N–H and O–H groups in total. The molecular formula is C26H35F6N3O3. The molecule has 2 amide bonds. The maximum absolute atomic E-state index is 13.4. The molecule has 1 aliphatic carbocycles. The first-order chi connectivity index (χ1) is 17.8. The molecule has 0 spiro atoms. The summed E-state index contributed by atoms with van der Waals surface area (Å²) in [6.07, 6.45) is -6.81. The zero-order chi connectivity index (χ0) is 28.3. The van der Waals surface area contributed by atoms with Crippen LogP contribution in [0.5, 0.6) is 0 Å². The number of nitrogens with zero attached hydrogens (tertiary/aromatic N) is 2. The summed E-state index contributed by atoms with van der Waals surface area (Å²) in [6, 6.07) is 0.547. The van der Waals surface area contributed by atoms with Crippen LogP contribution in [0, 0.1) is 5.92 Å². The Balaban J connectivity index is 0.00000127. The van der Waals surface area contributed by atoms with Gasteiger partial charge in [0.25, 0.3) is 0 Å². The fraction of sp³-hybridized carbons (Fsp3) is 0.692. The van der Waals surface area contributed by atoms with E-state index in [2.05, 4.69) is 13.8 Å². The lowest BCUT2D eigenvalue weighted by Crippen LogP contribution is -2.53. The predicted octanol–water partition coefficient (Wildman–Crippen LogP) is 5.33. The van der Waals surface area contributed by atoms with Crippen LogP contribution < -0.4 is 5.73 Å². The molecule has 2 unspecified atom stereocenters. The van der Waals surface area contributed by atoms with E-state index >= 15 is 0 Å². The summed E-state index contributed by atoms with van der Waals surface area (Å²) in [6.45, 7) is 4.98. The molecule has 1 aromatic carbocycles. The number of hydrogen-bond donors (Lipinski definition) is 1. The zero-order valence-electron chi connectivity index (χ0n) is 21.6. The minimum Gasteiger partial charge on any atom is -0.398 e. The van der Waals surface area contributed by atoms with Crippen molar-refractivity contribution in [3.05, 3.63) is 28.8 Å². The van der Waals surface area contributed by atoms with Crippen molar-refractivity contribution in [1.82, 2.24) is 9.80 Å². The molecule has 6 nitrogen and oxygen atoms in total. The highest BCUT2D eigenvalue weighted by atomic mass is 19.4. The van der Waals surface area contributed by atoms with E-state index in [-0.39, 0.29) is 50.7 Å². The fourth-order valence-electron chi connectivity index (χ4n) is 5.52. The molecule has 1 saturated heterocycles. The molecule has 0 bridgehead atoms. The number of benzene rings is 1. The molecule has 0 aromatic heterocycles. The van der Waals surface area contributed by atoms with Crippen molar-refractivity contribution >= 4 is 17.5 Å². The van der Waals surface area contributed by atoms with Crippen LogP contribution in [0.4, 0.5) is 32.0 Å². The van der Waals surface area contributed by atoms with Crippen molar-refractivity contribution in [2.24, 2.45) is 5.92 Å². The highest BCUT2D eigenvalue weighted by Gasteiger charge is 2.49. The van der Waals surface area contributed by atoms with Gasteiger partial charge in [-0.25, -0.2) is 0 Å². The number of hydrogen-bond acceptors (Lipinski definition) is 4. The van der Waals surface area contributed by atoms with Crippen molar-refractivity contribution in [1.29, 1.82) is 0 Å². The number of amides is 2. The van der Waals surface area contributed by atoms with Gasteiger partial charge in [0.05, 0.1) is 5.56 Å². The van der Waals surface area contributed by atoms with Crippen LogP contribution in [-0.2, 0) is 33.5 Å². The van der Waals surface area contributed by atoms with Crippen molar-refractivity contribution in [2.75, 3.05) is 25.5 Å². The zero-order valence-corrected chi connectivity index (χ0v) is 21.6. The average Bonchev–Trinajstić information content (AvgIpc) is 3.33. The van der Waals surface area contributed by atoms with E-state index < -0.39 is 41.8 Å². The lowest BCUT2D eigenvalue weighted by molar-refractivity contribution is -0.192. The lowest BCUT2D eigenvalue weighted by Gasteiger charge is -2.39. The molecule has 3 aliphatic rings. The van der Waals surface area contributed by atoms with Crippen LogP contribution in [-0.4, -0.2) is 59.6 Å². The molecule has 12 heteroatoms. The predicted molar refractivity (Wildman–Crippen MR) is 129 cm³/mol. The summed E-state index contributed by atoms with van der Waals surface area (Å²) in [5, 5.41) is 0. The second-order valence-electron chi connectivity index (χ2n) is 10.1. The highest BCUT2D eigenvalue weighted by Crippen LogP contribution is 2.38. The molecule has 2 aliphatic heterocycles. The summed E-state index contributed by atoms with van der Waals surface area (Å²) < 4.78 is 84.9. The molecule has 2 atom stereocenters. The number of nitrogens with two attached hydrogens (primary N) is 1. The van der Waals surface area contributed by atoms with Crippen molar-refractivity contribution < 1.29 is 40.7 Å². The van der Waals surface area contributed by atoms with E-state index in [1.165, 1.54) is 11.3 Å². The van der Waals surface area contributed by atoms with Crippen molar-refractivity contribution in [2.45, 2.75) is 89.8 Å². The topological polar surface area (TPSA) is 75.9 Å². The molecule has 4 rings (SSSR count). The summed E-state index contributed by atoms with van der Waals surface area (Å²) in [7, 11) is 0. The van der Waals surface area contributed by atoms with Gasteiger partial charge < -0.3 is 20.3 Å². The van der Waals surface area contributed by atoms with Crippen LogP contribution in [0.3, 0.4) is 0 Å². The molecule has 1 aromatic rings. The molecule has 38 heavy (non-hydrogen) atoms. The first-order valence-corrected chi connectivity index (χ1v) is 13.0. The van der Waals surface area contributed by atoms with Crippen LogP contribution >= 0.6 is 0 Å². The third kappa shape index (κ3) is 6.92. The maximum Gasteiger partial charge on any atom is 0.471 e. The van der Waals surface area contributed by atoms with Gasteiger partial charge in [-0.05, 0) is 61.8 Å². The van der Waals surface area contributed by atoms with Gasteiger partial charge in [0.1, 0.15) is 0 Å². The van der Waals surface area contributed by atoms with Gasteiger partial charge in [-0.1, -0.05) is 20.3 Å². The van der Waals surface area contributed by atoms with E-state index in [4.69, 9.17) is 10.5 Å². The fourth-order valence-corrected chi connectivity index (χ4v) is 5.52. The quantitative estimate of drug-likeness (QED) is 0.407. The normalized spacial score (nSPS) is 22.4. The Morgan fingerprint density at radius 3 is 2.24 bits per heavy atom. The molecule has 214 valence electrons. The average molecular weight is 552 g/mol. The summed E-state index contributed by atoms with van der Waals surface area (Å²) in [4.78, 5) is 27.8. The number of alkyl halides is 6. The minimum absolute atomic E-state index is 0.0284. The lowest BCUT2D eigenvalue weighted by atomic mass is 9.94. The number of rotatable bonds is 3. The number of halogens is 6. The standard InChI is InChI=1S/C23H27F6N3O3.C3H8/c24-22(25,26)15-9-14-12-31(6-3-18(14)19(30)11-15)20(33)13-1-2-17(10-13)32(21(34)23(27,28)29)16-4-7-35-8-5-16;1-3-2/h9,11,13,16-17H,1-8,10,12,30H2;3H2,1-2H3. The van der Waals surface area contributed by atoms with Gasteiger partial charge in [-0.2, -0.15) is 26.3 Å². The first kappa shape index (κ1) is 30.0. The maximum atomic E-state index is 13.4. The second-order valence-corrected chi connectivity index (χ2v) is 10.1. The summed E-state index contributed by atoms with van der Waals surface area (Å²) >= 11 is 0. The minimum atomic E-state index is -5.02. The van der Waals surface area contributed by atoms with E-state index in [1.54, 1.807) is 0 Å². The molecule has 2 heterocycles. The largest absolute Gasteiger partial charge is 0.471 e. The number of nitrogen functional groups attached to an aromatic ring is 1. The second kappa shape index (κ2) is 12.1. The number of ether oxygens (including phenoxy) is 1. The number of anilines is 1. The Bertz CT molecular complexity index is 992. The Labute approximate surface area is 218 Å². The molecule has 0 radical (unpaired) electrons. The van der Waals surface area contributed by atoms with Crippen LogP contribution in [0.2, 0.25) is 0 Å². The van der Waals surface area contributed by atoms with Crippen molar-refractivity contribution in [3.63, 3.8) is 0 Å². The summed E-state index contributed by atoms with van der Waals surface area (Å²) in [5.74, 6) is -2.82. The Morgan fingerprint density at radius 1 is 1.03 bits per heavy atom. The summed E-state index contributed by atoms with van der Waals surface area (Å²) in [5.41, 5.74) is 5.87. The first-order valence-electron chi connectivity index (χ1n) is 13.0. The van der Waals surface area contributed by atoms with E-state index in [1.807, 2.05) is 0 Å². The van der Waals surface area contributed by atoms with Crippen LogP contribution in [0.15, 0.2) is 12.1 Å². The monoisotopic (exact) mass is 551 g/mol. The molecule has 1 saturated carbocycles. The van der Waals surface area contributed by atoms with E-state index in [9.17, 15) is 35.9 Å². The van der Waals surface area contributed by atoms with Crippen molar-refractivity contribution in [3.8, 4) is 0 Å². The van der Waals surface area contributed by atoms with Crippen LogP contribution in [0.25, 0.3) is 0 Å². The van der Waals surface area contributed by atoms with Gasteiger partial charge >= 0.3 is 18.3 Å². The number of carbonyl (C=O) groups excluding carboxylic acids is 2. The van der Waals surface area contributed by atoms with Crippen LogP contribution in [0.1, 0.15) is 69.1 Å². The van der Waals surface area contributed by atoms with Gasteiger partial charge in [0.2, 0.25) is 5.91 Å². The number of fused-ring (bicyclic) bond motifs is 1. The van der Waals surface area contributed by atoms with Gasteiger partial charge in [-0.3, -0.25) is 9.59 Å². The van der Waals surface area contributed by atoms with E-state index in [0.29, 0.717) is 36.8 Å². The van der Waals surface area contributed by atoms with Gasteiger partial charge in [0, 0.05) is 50.0 Å². The SMILES string of the molecule is CCC.Nc1cc(C(F)(F)F)cc2c1CCN(C(=O)C1CCC(N(C(=O)C(F)(F)F)C3CCOCC3)C1)C2. The Kier molecular flexibility index (Phi) is 9.59. The molecule has 2 fully saturated rings. The smallest absolute Gasteiger partial charge is 0.398 e. The molecular weight excluding hydrogens is 516 g/mol. The third-order valence-electron chi connectivity index (χ3n) is 7.22.